The molecular formula is C15H19N5O2. The summed E-state index contributed by atoms with van der Waals surface area (Å²) in [5.41, 5.74) is 0.963. The number of benzene rings is 1. The molecule has 2 aliphatic rings. The predicted octanol–water partition coefficient (Wildman–Crippen LogP) is 1.39. The summed E-state index contributed by atoms with van der Waals surface area (Å²) in [6.45, 7) is 4.37. The summed E-state index contributed by atoms with van der Waals surface area (Å²) in [5, 5.41) is 12.1. The molecule has 3 heterocycles. The molecule has 22 heavy (non-hydrogen) atoms. The van der Waals surface area contributed by atoms with Gasteiger partial charge in [-0.1, -0.05) is 23.3 Å². The van der Waals surface area contributed by atoms with Gasteiger partial charge < -0.3 is 14.4 Å². The fraction of sp³-hybridized carbons (Fsp3) is 0.533. The Morgan fingerprint density at radius 2 is 1.95 bits per heavy atom. The molecule has 0 aliphatic carbocycles. The van der Waals surface area contributed by atoms with Gasteiger partial charge in [0.15, 0.2) is 5.79 Å². The first-order valence-corrected chi connectivity index (χ1v) is 7.66. The van der Waals surface area contributed by atoms with Crippen molar-refractivity contribution in [2.45, 2.75) is 31.7 Å². The molecule has 0 bridgehead atoms. The molecule has 0 amide bonds. The Kier molecular flexibility index (Phi) is 3.31. The zero-order chi connectivity index (χ0) is 15.0. The molecular weight excluding hydrogens is 282 g/mol. The fourth-order valence-electron chi connectivity index (χ4n) is 3.13. The van der Waals surface area contributed by atoms with Crippen LogP contribution in [0.2, 0.25) is 0 Å². The normalized spacial score (nSPS) is 24.0. The molecule has 0 radical (unpaired) electrons. The highest BCUT2D eigenvalue weighted by Gasteiger charge is 2.43. The fourth-order valence-corrected chi connectivity index (χ4v) is 3.13. The largest absolute Gasteiger partial charge is 0.347 e. The Morgan fingerprint density at radius 3 is 2.64 bits per heavy atom. The standard InChI is InChI=1S/C15H19N5O2/c1-12-11-21-15(22-12)7-9-19(10-8-15)14-16-17-18-20(14)13-5-3-2-4-6-13/h2-6,12H,7-11H2,1H3/t12-/m0/s1. The van der Waals surface area contributed by atoms with Crippen molar-refractivity contribution in [3.8, 4) is 5.69 Å². The van der Waals surface area contributed by atoms with Crippen LogP contribution in [0.4, 0.5) is 5.95 Å². The lowest BCUT2D eigenvalue weighted by atomic mass is 10.0. The van der Waals surface area contributed by atoms with E-state index >= 15 is 0 Å². The number of nitrogens with zero attached hydrogens (tertiary/aromatic N) is 5. The SMILES string of the molecule is C[C@H]1COC2(CCN(c3nnnn3-c3ccccc3)CC2)O1. The third-order valence-electron chi connectivity index (χ3n) is 4.26. The van der Waals surface area contributed by atoms with Crippen LogP contribution in [0.3, 0.4) is 0 Å². The highest BCUT2D eigenvalue weighted by atomic mass is 16.7. The van der Waals surface area contributed by atoms with Crippen LogP contribution in [0.25, 0.3) is 5.69 Å². The molecule has 7 nitrogen and oxygen atoms in total. The first-order chi connectivity index (χ1) is 10.8. The Hall–Kier alpha value is -1.99. The zero-order valence-electron chi connectivity index (χ0n) is 12.6. The van der Waals surface area contributed by atoms with E-state index in [0.29, 0.717) is 6.61 Å². The van der Waals surface area contributed by atoms with Gasteiger partial charge in [0.25, 0.3) is 0 Å². The van der Waals surface area contributed by atoms with E-state index in [1.807, 2.05) is 30.3 Å². The predicted molar refractivity (Wildman–Crippen MR) is 79.8 cm³/mol. The summed E-state index contributed by atoms with van der Waals surface area (Å²) in [5.74, 6) is 0.369. The average molecular weight is 301 g/mol. The van der Waals surface area contributed by atoms with Crippen LogP contribution in [0.15, 0.2) is 30.3 Å². The van der Waals surface area contributed by atoms with Crippen LogP contribution in [-0.4, -0.2) is 51.8 Å². The number of piperidine rings is 1. The van der Waals surface area contributed by atoms with Gasteiger partial charge in [-0.15, -0.1) is 0 Å². The molecule has 2 fully saturated rings. The van der Waals surface area contributed by atoms with Gasteiger partial charge in [0.2, 0.25) is 5.95 Å². The van der Waals surface area contributed by atoms with E-state index in [9.17, 15) is 0 Å². The Balaban J connectivity index is 1.52. The van der Waals surface area contributed by atoms with E-state index in [4.69, 9.17) is 9.47 Å². The maximum Gasteiger partial charge on any atom is 0.250 e. The number of aromatic nitrogens is 4. The maximum absolute atomic E-state index is 5.96. The molecule has 1 aromatic carbocycles. The molecule has 116 valence electrons. The van der Waals surface area contributed by atoms with Crippen molar-refractivity contribution in [2.75, 3.05) is 24.6 Å². The minimum atomic E-state index is -0.402. The molecule has 2 saturated heterocycles. The summed E-state index contributed by atoms with van der Waals surface area (Å²) < 4.78 is 13.6. The van der Waals surface area contributed by atoms with Gasteiger partial charge in [-0.25, -0.2) is 0 Å². The number of anilines is 1. The van der Waals surface area contributed by atoms with Crippen molar-refractivity contribution >= 4 is 5.95 Å². The number of tetrazole rings is 1. The molecule has 7 heteroatoms. The van der Waals surface area contributed by atoms with Crippen LogP contribution in [0.5, 0.6) is 0 Å². The van der Waals surface area contributed by atoms with E-state index < -0.39 is 5.79 Å². The van der Waals surface area contributed by atoms with Gasteiger partial charge in [-0.3, -0.25) is 0 Å². The van der Waals surface area contributed by atoms with Gasteiger partial charge in [-0.05, 0) is 29.5 Å². The number of hydrogen-bond donors (Lipinski definition) is 0. The molecule has 1 spiro atoms. The van der Waals surface area contributed by atoms with Crippen molar-refractivity contribution in [1.29, 1.82) is 0 Å². The topological polar surface area (TPSA) is 65.3 Å². The average Bonchev–Trinajstić information content (AvgIpc) is 3.17. The second-order valence-electron chi connectivity index (χ2n) is 5.86. The lowest BCUT2D eigenvalue weighted by Gasteiger charge is -2.37. The second kappa shape index (κ2) is 5.33. The van der Waals surface area contributed by atoms with Crippen LogP contribution >= 0.6 is 0 Å². The Labute approximate surface area is 128 Å². The third-order valence-corrected chi connectivity index (χ3v) is 4.26. The number of hydrogen-bond acceptors (Lipinski definition) is 6. The van der Waals surface area contributed by atoms with Gasteiger partial charge in [-0.2, -0.15) is 4.68 Å². The van der Waals surface area contributed by atoms with E-state index in [-0.39, 0.29) is 6.10 Å². The highest BCUT2D eigenvalue weighted by Crippen LogP contribution is 2.35. The molecule has 4 rings (SSSR count). The van der Waals surface area contributed by atoms with Crippen molar-refractivity contribution < 1.29 is 9.47 Å². The summed E-state index contributed by atoms with van der Waals surface area (Å²) in [6.07, 6.45) is 1.85. The molecule has 0 unspecified atom stereocenters. The lowest BCUT2D eigenvalue weighted by molar-refractivity contribution is -0.178. The minimum Gasteiger partial charge on any atom is -0.347 e. The van der Waals surface area contributed by atoms with Gasteiger partial charge in [0, 0.05) is 25.9 Å². The molecule has 2 aliphatic heterocycles. The van der Waals surface area contributed by atoms with E-state index in [2.05, 4.69) is 27.3 Å². The molecule has 0 N–H and O–H groups in total. The van der Waals surface area contributed by atoms with Crippen molar-refractivity contribution in [3.63, 3.8) is 0 Å². The zero-order valence-corrected chi connectivity index (χ0v) is 12.6. The summed E-state index contributed by atoms with van der Waals surface area (Å²) >= 11 is 0. The Bertz CT molecular complexity index is 636. The summed E-state index contributed by atoms with van der Waals surface area (Å²) in [4.78, 5) is 2.19. The first-order valence-electron chi connectivity index (χ1n) is 7.66. The van der Waals surface area contributed by atoms with Gasteiger partial charge in [0.05, 0.1) is 18.4 Å². The Morgan fingerprint density at radius 1 is 1.18 bits per heavy atom. The van der Waals surface area contributed by atoms with Crippen LogP contribution in [0, 0.1) is 0 Å². The number of ether oxygens (including phenoxy) is 2. The first kappa shape index (κ1) is 13.7. The maximum atomic E-state index is 5.96. The van der Waals surface area contributed by atoms with E-state index in [0.717, 1.165) is 37.6 Å². The van der Waals surface area contributed by atoms with E-state index in [1.54, 1.807) is 4.68 Å². The van der Waals surface area contributed by atoms with Crippen molar-refractivity contribution in [3.05, 3.63) is 30.3 Å². The van der Waals surface area contributed by atoms with Gasteiger partial charge in [0.1, 0.15) is 0 Å². The lowest BCUT2D eigenvalue weighted by Crippen LogP contribution is -2.46. The van der Waals surface area contributed by atoms with Crippen molar-refractivity contribution in [1.82, 2.24) is 20.2 Å². The van der Waals surface area contributed by atoms with Crippen LogP contribution < -0.4 is 4.90 Å². The summed E-state index contributed by atoms with van der Waals surface area (Å²) in [6, 6.07) is 9.93. The molecule has 1 atom stereocenters. The third kappa shape index (κ3) is 2.36. The van der Waals surface area contributed by atoms with Crippen LogP contribution in [-0.2, 0) is 9.47 Å². The van der Waals surface area contributed by atoms with Gasteiger partial charge >= 0.3 is 0 Å². The van der Waals surface area contributed by atoms with Crippen molar-refractivity contribution in [2.24, 2.45) is 0 Å². The number of rotatable bonds is 2. The highest BCUT2D eigenvalue weighted by molar-refractivity contribution is 5.40. The van der Waals surface area contributed by atoms with E-state index in [1.165, 1.54) is 0 Å². The quantitative estimate of drug-likeness (QED) is 0.835. The summed E-state index contributed by atoms with van der Waals surface area (Å²) in [7, 11) is 0. The van der Waals surface area contributed by atoms with Crippen LogP contribution in [0.1, 0.15) is 19.8 Å². The molecule has 0 saturated carbocycles. The monoisotopic (exact) mass is 301 g/mol. The molecule has 1 aromatic heterocycles. The molecule has 2 aromatic rings. The smallest absolute Gasteiger partial charge is 0.250 e. The minimum absolute atomic E-state index is 0.182. The second-order valence-corrected chi connectivity index (χ2v) is 5.86. The number of para-hydroxylation sites is 1.